The molecule has 94 heavy (non-hydrogen) atoms. The van der Waals surface area contributed by atoms with E-state index in [-0.39, 0.29) is 64.5 Å². The smallest absolute Gasteiger partial charge is 0.261 e. The highest BCUT2D eigenvalue weighted by Gasteiger charge is 2.59. The van der Waals surface area contributed by atoms with Crippen LogP contribution >= 0.6 is 0 Å². The number of benzene rings is 9. The lowest BCUT2D eigenvalue weighted by molar-refractivity contribution is -0.364. The second kappa shape index (κ2) is 34.1. The van der Waals surface area contributed by atoms with Crippen molar-refractivity contribution < 1.29 is 56.5 Å². The van der Waals surface area contributed by atoms with Crippen molar-refractivity contribution in [3.63, 3.8) is 0 Å². The number of hydrogen-bond donors (Lipinski definition) is 0. The molecule has 1 aliphatic heterocycles. The maximum Gasteiger partial charge on any atom is 0.261 e. The van der Waals surface area contributed by atoms with Crippen LogP contribution in [0.1, 0.15) is 59.7 Å². The molecule has 1 saturated carbocycles. The minimum Gasteiger partial charge on any atom is -0.497 e. The summed E-state index contributed by atoms with van der Waals surface area (Å²) in [5, 5.41) is 1.85. The molecule has 0 amide bonds. The zero-order valence-corrected chi connectivity index (χ0v) is 55.3. The molecule has 0 bridgehead atoms. The number of methoxy groups -OCH3 is 1. The largest absolute Gasteiger partial charge is 0.497 e. The van der Waals surface area contributed by atoms with E-state index in [0.29, 0.717) is 0 Å². The maximum atomic E-state index is 8.03. The van der Waals surface area contributed by atoms with Crippen LogP contribution < -0.4 is 15.1 Å². The molecule has 0 unspecified atom stereocenters. The number of ether oxygens (including phenoxy) is 11. The fourth-order valence-electron chi connectivity index (χ4n) is 12.7. The van der Waals surface area contributed by atoms with Crippen LogP contribution in [0.25, 0.3) is 0 Å². The molecule has 11 atom stereocenters. The maximum absolute atomic E-state index is 8.03. The number of rotatable bonds is 32. The third-order valence-electron chi connectivity index (χ3n) is 17.4. The van der Waals surface area contributed by atoms with Gasteiger partial charge in [-0.1, -0.05) is 282 Å². The average molecular weight is 1280 g/mol. The minimum atomic E-state index is -3.26. The van der Waals surface area contributed by atoms with Gasteiger partial charge in [-0.25, -0.2) is 0 Å². The predicted molar refractivity (Wildman–Crippen MR) is 369 cm³/mol. The molecule has 0 spiro atoms. The van der Waals surface area contributed by atoms with Crippen molar-refractivity contribution in [1.82, 2.24) is 0 Å². The van der Waals surface area contributed by atoms with Crippen LogP contribution in [0.4, 0.5) is 0 Å². The Morgan fingerprint density at radius 2 is 0.638 bits per heavy atom. The zero-order valence-electron chi connectivity index (χ0n) is 54.3. The monoisotopic (exact) mass is 1280 g/mol. The topological polar surface area (TPSA) is 111 Å². The van der Waals surface area contributed by atoms with Crippen LogP contribution in [0.2, 0.25) is 5.04 Å². The first-order chi connectivity index (χ1) is 46.2. The highest BCUT2D eigenvalue weighted by Crippen LogP contribution is 2.42. The van der Waals surface area contributed by atoms with Crippen molar-refractivity contribution in [2.75, 3.05) is 20.3 Å². The van der Waals surface area contributed by atoms with Gasteiger partial charge in [0.05, 0.1) is 66.6 Å². The van der Waals surface area contributed by atoms with Gasteiger partial charge in [-0.15, -0.1) is 6.58 Å². The summed E-state index contributed by atoms with van der Waals surface area (Å²) in [7, 11) is -1.60. The van der Waals surface area contributed by atoms with Crippen LogP contribution in [0.3, 0.4) is 0 Å². The minimum absolute atomic E-state index is 0.0719. The summed E-state index contributed by atoms with van der Waals surface area (Å²) >= 11 is 0. The van der Waals surface area contributed by atoms with Crippen molar-refractivity contribution >= 4 is 18.7 Å². The molecule has 12 nitrogen and oxygen atoms in total. The van der Waals surface area contributed by atoms with E-state index in [2.05, 4.69) is 112 Å². The normalized spacial score (nSPS) is 22.3. The molecule has 11 rings (SSSR count). The van der Waals surface area contributed by atoms with Gasteiger partial charge in [-0.3, -0.25) is 0 Å². The third kappa shape index (κ3) is 17.6. The summed E-state index contributed by atoms with van der Waals surface area (Å²) in [4.78, 5) is 0. The lowest BCUT2D eigenvalue weighted by Gasteiger charge is -2.52. The van der Waals surface area contributed by atoms with Crippen LogP contribution in [0.15, 0.2) is 280 Å². The zero-order chi connectivity index (χ0) is 64.8. The van der Waals surface area contributed by atoms with Gasteiger partial charge in [0.15, 0.2) is 6.29 Å². The molecule has 0 N–H and O–H groups in total. The van der Waals surface area contributed by atoms with Crippen LogP contribution in [0, 0.1) is 0 Å². The molecule has 9 aromatic carbocycles. The highest BCUT2D eigenvalue weighted by atomic mass is 28.4. The Labute approximate surface area is 556 Å². The van der Waals surface area contributed by atoms with E-state index < -0.39 is 75.6 Å². The number of hydrogen-bond acceptors (Lipinski definition) is 12. The molecular formula is C81H88O12Si. The molecule has 13 heteroatoms. The van der Waals surface area contributed by atoms with Gasteiger partial charge >= 0.3 is 0 Å². The van der Waals surface area contributed by atoms with Crippen molar-refractivity contribution in [2.24, 2.45) is 0 Å². The summed E-state index contributed by atoms with van der Waals surface area (Å²) < 4.78 is 88.1. The van der Waals surface area contributed by atoms with Crippen LogP contribution in [-0.2, 0) is 98.0 Å². The van der Waals surface area contributed by atoms with Crippen molar-refractivity contribution in [2.45, 2.75) is 139 Å². The first-order valence-corrected chi connectivity index (χ1v) is 34.5. The quantitative estimate of drug-likeness (QED) is 0.0296. The van der Waals surface area contributed by atoms with Gasteiger partial charge in [0.25, 0.3) is 8.32 Å². The fourth-order valence-corrected chi connectivity index (χ4v) is 17.3. The van der Waals surface area contributed by atoms with E-state index in [1.807, 2.05) is 182 Å². The molecule has 488 valence electrons. The van der Waals surface area contributed by atoms with Gasteiger partial charge in [-0.05, 0) is 66.5 Å². The van der Waals surface area contributed by atoms with E-state index in [9.17, 15) is 0 Å². The Morgan fingerprint density at radius 1 is 0.351 bits per heavy atom. The van der Waals surface area contributed by atoms with Gasteiger partial charge in [0, 0.05) is 0 Å². The first kappa shape index (κ1) is 67.7. The average Bonchev–Trinajstić information content (AvgIpc) is 0.755. The second-order valence-electron chi connectivity index (χ2n) is 24.9. The highest BCUT2D eigenvalue weighted by molar-refractivity contribution is 6.99. The third-order valence-corrected chi connectivity index (χ3v) is 22.4. The molecule has 1 heterocycles. The Bertz CT molecular complexity index is 3550. The summed E-state index contributed by atoms with van der Waals surface area (Å²) in [5.41, 5.74) is 6.63. The Hall–Kier alpha value is -7.70. The first-order valence-electron chi connectivity index (χ1n) is 32.6. The summed E-state index contributed by atoms with van der Waals surface area (Å²) in [5.74, 6) is 0.719. The van der Waals surface area contributed by atoms with Gasteiger partial charge < -0.3 is 56.5 Å². The Morgan fingerprint density at radius 3 is 0.968 bits per heavy atom. The van der Waals surface area contributed by atoms with E-state index in [4.69, 9.17) is 56.5 Å². The lowest BCUT2D eigenvalue weighted by Crippen LogP contribution is -2.70. The van der Waals surface area contributed by atoms with Crippen LogP contribution in [0.5, 0.6) is 5.75 Å². The van der Waals surface area contributed by atoms with Gasteiger partial charge in [-0.2, -0.15) is 0 Å². The van der Waals surface area contributed by atoms with Crippen molar-refractivity contribution in [3.05, 3.63) is 319 Å². The van der Waals surface area contributed by atoms with Gasteiger partial charge in [0.2, 0.25) is 0 Å². The predicted octanol–water partition coefficient (Wildman–Crippen LogP) is 14.4. The van der Waals surface area contributed by atoms with E-state index in [0.717, 1.165) is 55.1 Å². The molecule has 0 radical (unpaired) electrons. The van der Waals surface area contributed by atoms with Gasteiger partial charge in [0.1, 0.15) is 66.8 Å². The molecule has 2 fully saturated rings. The van der Waals surface area contributed by atoms with E-state index in [1.54, 1.807) is 13.2 Å². The standard InChI is InChI=1S/C81H88O12Si/c1-6-51-83-73-74(86-54-62-35-19-9-20-36-62)75(87-55-63-37-21-10-22-38-63)77(88-56-64-39-23-11-24-40-64)78(76(73)89-58-66-47-49-67(82-5)50-48-66)93-80-79(90-57-65-41-25-12-26-42-65)72(85-53-61-33-17-8-18-34-61)71(84-52-60-31-15-7-16-32-60)70(92-80)59-91-94(81(2,3)4,68-43-27-13-28-44-68)69-45-29-14-30-46-69/h6-50,70-80H,1,51-59H2,2-5H3/t70-,71-,72+,73+,74+,75-,76-,77+,78-,79+,80-/m1/s1. The second-order valence-corrected chi connectivity index (χ2v) is 29.2. The van der Waals surface area contributed by atoms with Crippen molar-refractivity contribution in [3.8, 4) is 5.75 Å². The molecule has 0 aromatic heterocycles. The fraction of sp³-hybridized carbons (Fsp3) is 0.309. The Balaban J connectivity index is 1.09. The van der Waals surface area contributed by atoms with E-state index >= 15 is 0 Å². The van der Waals surface area contributed by atoms with Crippen LogP contribution in [-0.4, -0.2) is 96.0 Å². The van der Waals surface area contributed by atoms with E-state index in [1.165, 1.54) is 0 Å². The Kier molecular flexibility index (Phi) is 24.6. The lowest BCUT2D eigenvalue weighted by atomic mass is 9.83. The molecule has 2 aliphatic rings. The molecule has 1 saturated heterocycles. The molecular weight excluding hydrogens is 1190 g/mol. The SMILES string of the molecule is C=CCO[C@H]1[C@H](OCc2ccccc2)[C@@H](OCc2ccccc2)[C@H](OCc2ccccc2)[C@H](O[C@H]2O[C@H](CO[Si](c3ccccc3)(c3ccccc3)C(C)(C)C)[C@@H](OCc3ccccc3)[C@H](OCc3ccccc3)[C@@H]2OCc2ccccc2)[C@@H]1OCc1ccc(OC)cc1. The summed E-state index contributed by atoms with van der Waals surface area (Å²) in [6.45, 7) is 12.6. The molecule has 1 aliphatic carbocycles. The summed E-state index contributed by atoms with van der Waals surface area (Å²) in [6, 6.07) is 89.9. The molecule has 9 aromatic rings. The van der Waals surface area contributed by atoms with Crippen molar-refractivity contribution in [1.29, 1.82) is 0 Å². The summed E-state index contributed by atoms with van der Waals surface area (Å²) in [6.07, 6.45) is -8.44.